The molecule has 0 radical (unpaired) electrons. The van der Waals surface area contributed by atoms with E-state index >= 15 is 0 Å². The van der Waals surface area contributed by atoms with Gasteiger partial charge in [0, 0.05) is 22.4 Å². The zero-order valence-corrected chi connectivity index (χ0v) is 16.5. The van der Waals surface area contributed by atoms with Crippen LogP contribution in [0, 0.1) is 6.92 Å². The van der Waals surface area contributed by atoms with Crippen molar-refractivity contribution in [3.63, 3.8) is 0 Å². The van der Waals surface area contributed by atoms with E-state index in [9.17, 15) is 4.79 Å². The van der Waals surface area contributed by atoms with Crippen LogP contribution in [0.5, 0.6) is 5.88 Å². The largest absolute Gasteiger partial charge is 0.473 e. The molecule has 1 atom stereocenters. The number of nitrogens with zero attached hydrogens (tertiary/aromatic N) is 2. The molecule has 2 aromatic carbocycles. The maximum absolute atomic E-state index is 12.4. The van der Waals surface area contributed by atoms with Crippen molar-refractivity contribution < 1.29 is 9.53 Å². The van der Waals surface area contributed by atoms with Crippen LogP contribution in [0.3, 0.4) is 0 Å². The van der Waals surface area contributed by atoms with Crippen LogP contribution in [0.25, 0.3) is 21.9 Å². The van der Waals surface area contributed by atoms with Gasteiger partial charge in [-0.15, -0.1) is 5.10 Å². The first-order valence-corrected chi connectivity index (χ1v) is 9.89. The standard InChI is InChI=1S/C23H25N3O2/c1-4-15(3)28-23-20-10-7-16(11-18(20)13-24-26-23)21-12-17(6-5-14(21)2)22(27)25-19-8-9-19/h5-7,10-13,15,19H,4,8-9H2,1-3H3,(H,25,27)/t15-/m1/s1. The zero-order valence-electron chi connectivity index (χ0n) is 16.5. The molecule has 28 heavy (non-hydrogen) atoms. The number of carbonyl (C=O) groups is 1. The summed E-state index contributed by atoms with van der Waals surface area (Å²) in [6.07, 6.45) is 4.91. The number of carbonyl (C=O) groups excluding carboxylic acids is 1. The summed E-state index contributed by atoms with van der Waals surface area (Å²) in [7, 11) is 0. The molecule has 1 fully saturated rings. The fourth-order valence-corrected chi connectivity index (χ4v) is 3.16. The van der Waals surface area contributed by atoms with Gasteiger partial charge in [0.25, 0.3) is 5.91 Å². The van der Waals surface area contributed by atoms with Crippen molar-refractivity contribution in [1.82, 2.24) is 15.5 Å². The average Bonchev–Trinajstić information content (AvgIpc) is 3.52. The molecule has 1 aliphatic rings. The normalized spacial score (nSPS) is 14.7. The number of nitrogens with one attached hydrogen (secondary N) is 1. The Morgan fingerprint density at radius 3 is 2.82 bits per heavy atom. The predicted octanol–water partition coefficient (Wildman–Crippen LogP) is 4.67. The fraction of sp³-hybridized carbons (Fsp3) is 0.348. The molecule has 1 amide bonds. The summed E-state index contributed by atoms with van der Waals surface area (Å²) in [6, 6.07) is 12.4. The van der Waals surface area contributed by atoms with Gasteiger partial charge >= 0.3 is 0 Å². The quantitative estimate of drug-likeness (QED) is 0.680. The molecule has 1 aliphatic carbocycles. The fourth-order valence-electron chi connectivity index (χ4n) is 3.16. The van der Waals surface area contributed by atoms with E-state index in [1.54, 1.807) is 6.20 Å². The van der Waals surface area contributed by atoms with Crippen LogP contribution in [-0.2, 0) is 0 Å². The predicted molar refractivity (Wildman–Crippen MR) is 111 cm³/mol. The van der Waals surface area contributed by atoms with Crippen LogP contribution >= 0.6 is 0 Å². The molecule has 1 saturated carbocycles. The number of aromatic nitrogens is 2. The molecular formula is C23H25N3O2. The number of hydrogen-bond acceptors (Lipinski definition) is 4. The van der Waals surface area contributed by atoms with Crippen LogP contribution in [-0.4, -0.2) is 28.3 Å². The van der Waals surface area contributed by atoms with Gasteiger partial charge in [-0.2, -0.15) is 5.10 Å². The molecule has 3 aromatic rings. The zero-order chi connectivity index (χ0) is 19.7. The van der Waals surface area contributed by atoms with Crippen LogP contribution in [0.15, 0.2) is 42.6 Å². The maximum Gasteiger partial charge on any atom is 0.251 e. The summed E-state index contributed by atoms with van der Waals surface area (Å²) in [6.45, 7) is 6.16. The SMILES string of the molecule is CC[C@@H](C)Oc1nncc2cc(-c3cc(C(=O)NC4CC4)ccc3C)ccc12. The minimum atomic E-state index is -0.000328. The Morgan fingerprint density at radius 2 is 2.07 bits per heavy atom. The summed E-state index contributed by atoms with van der Waals surface area (Å²) in [4.78, 5) is 12.4. The van der Waals surface area contributed by atoms with Gasteiger partial charge in [0.1, 0.15) is 0 Å². The number of amides is 1. The monoisotopic (exact) mass is 375 g/mol. The highest BCUT2D eigenvalue weighted by molar-refractivity contribution is 5.97. The smallest absolute Gasteiger partial charge is 0.251 e. The lowest BCUT2D eigenvalue weighted by atomic mass is 9.96. The average molecular weight is 375 g/mol. The van der Waals surface area contributed by atoms with E-state index in [2.05, 4.69) is 41.5 Å². The van der Waals surface area contributed by atoms with E-state index in [0.717, 1.165) is 46.7 Å². The topological polar surface area (TPSA) is 64.1 Å². The van der Waals surface area contributed by atoms with E-state index in [-0.39, 0.29) is 12.0 Å². The van der Waals surface area contributed by atoms with E-state index < -0.39 is 0 Å². The number of rotatable bonds is 6. The van der Waals surface area contributed by atoms with Gasteiger partial charge in [-0.1, -0.05) is 19.1 Å². The third-order valence-corrected chi connectivity index (χ3v) is 5.24. The van der Waals surface area contributed by atoms with Crippen LogP contribution < -0.4 is 10.1 Å². The first-order valence-electron chi connectivity index (χ1n) is 9.89. The second-order valence-electron chi connectivity index (χ2n) is 7.57. The second kappa shape index (κ2) is 7.58. The second-order valence-corrected chi connectivity index (χ2v) is 7.57. The van der Waals surface area contributed by atoms with Gasteiger partial charge < -0.3 is 10.1 Å². The van der Waals surface area contributed by atoms with Crippen molar-refractivity contribution in [3.05, 3.63) is 53.7 Å². The Morgan fingerprint density at radius 1 is 1.25 bits per heavy atom. The highest BCUT2D eigenvalue weighted by Crippen LogP contribution is 2.31. The molecule has 1 heterocycles. The van der Waals surface area contributed by atoms with Gasteiger partial charge in [-0.05, 0) is 74.1 Å². The van der Waals surface area contributed by atoms with Crippen molar-refractivity contribution >= 4 is 16.7 Å². The van der Waals surface area contributed by atoms with Crippen molar-refractivity contribution in [1.29, 1.82) is 0 Å². The van der Waals surface area contributed by atoms with Crippen molar-refractivity contribution in [3.8, 4) is 17.0 Å². The molecular weight excluding hydrogens is 350 g/mol. The molecule has 0 aliphatic heterocycles. The summed E-state index contributed by atoms with van der Waals surface area (Å²) in [5.74, 6) is 0.562. The molecule has 0 spiro atoms. The summed E-state index contributed by atoms with van der Waals surface area (Å²) < 4.78 is 5.91. The summed E-state index contributed by atoms with van der Waals surface area (Å²) >= 11 is 0. The lowest BCUT2D eigenvalue weighted by Crippen LogP contribution is -2.25. The molecule has 0 unspecified atom stereocenters. The Kier molecular flexibility index (Phi) is 4.99. The highest BCUT2D eigenvalue weighted by atomic mass is 16.5. The molecule has 0 saturated heterocycles. The van der Waals surface area contributed by atoms with Gasteiger partial charge in [0.15, 0.2) is 0 Å². The molecule has 144 valence electrons. The van der Waals surface area contributed by atoms with Gasteiger partial charge in [-0.25, -0.2) is 0 Å². The Hall–Kier alpha value is -2.95. The molecule has 1 N–H and O–H groups in total. The van der Waals surface area contributed by atoms with Gasteiger partial charge in [-0.3, -0.25) is 4.79 Å². The molecule has 4 rings (SSSR count). The van der Waals surface area contributed by atoms with Crippen molar-refractivity contribution in [2.24, 2.45) is 0 Å². The van der Waals surface area contributed by atoms with Crippen molar-refractivity contribution in [2.45, 2.75) is 52.2 Å². The summed E-state index contributed by atoms with van der Waals surface area (Å²) in [5, 5.41) is 13.2. The maximum atomic E-state index is 12.4. The molecule has 5 heteroatoms. The van der Waals surface area contributed by atoms with E-state index in [1.807, 2.05) is 31.2 Å². The Bertz CT molecular complexity index is 1030. The highest BCUT2D eigenvalue weighted by Gasteiger charge is 2.24. The summed E-state index contributed by atoms with van der Waals surface area (Å²) in [5.41, 5.74) is 3.92. The van der Waals surface area contributed by atoms with E-state index in [0.29, 0.717) is 17.5 Å². The molecule has 1 aromatic heterocycles. The third kappa shape index (κ3) is 3.84. The molecule has 5 nitrogen and oxygen atoms in total. The third-order valence-electron chi connectivity index (χ3n) is 5.24. The number of aryl methyl sites for hydroxylation is 1. The minimum Gasteiger partial charge on any atom is -0.473 e. The first-order chi connectivity index (χ1) is 13.5. The lowest BCUT2D eigenvalue weighted by molar-refractivity contribution is 0.0951. The number of benzene rings is 2. The van der Waals surface area contributed by atoms with Gasteiger partial charge in [0.2, 0.25) is 5.88 Å². The van der Waals surface area contributed by atoms with E-state index in [1.165, 1.54) is 0 Å². The van der Waals surface area contributed by atoms with Crippen LogP contribution in [0.1, 0.15) is 49.0 Å². The number of hydrogen-bond donors (Lipinski definition) is 1. The first kappa shape index (κ1) is 18.4. The van der Waals surface area contributed by atoms with Crippen molar-refractivity contribution in [2.75, 3.05) is 0 Å². The lowest BCUT2D eigenvalue weighted by Gasteiger charge is -2.14. The Balaban J connectivity index is 1.69. The number of ether oxygens (including phenoxy) is 1. The minimum absolute atomic E-state index is 0.000328. The number of fused-ring (bicyclic) bond motifs is 1. The van der Waals surface area contributed by atoms with E-state index in [4.69, 9.17) is 4.74 Å². The van der Waals surface area contributed by atoms with Crippen LogP contribution in [0.2, 0.25) is 0 Å². The van der Waals surface area contributed by atoms with Crippen LogP contribution in [0.4, 0.5) is 0 Å². The van der Waals surface area contributed by atoms with Gasteiger partial charge in [0.05, 0.1) is 12.3 Å². The molecule has 0 bridgehead atoms. The Labute approximate surface area is 165 Å².